The number of fused-ring (bicyclic) bond motifs is 1. The average Bonchev–Trinajstić information content (AvgIpc) is 2.94. The molecular weight excluding hydrogens is 394 g/mol. The molecule has 1 fully saturated rings. The summed E-state index contributed by atoms with van der Waals surface area (Å²) < 4.78 is 5.94. The van der Waals surface area contributed by atoms with E-state index < -0.39 is 11.6 Å². The van der Waals surface area contributed by atoms with Crippen LogP contribution >= 0.6 is 0 Å². The van der Waals surface area contributed by atoms with E-state index in [2.05, 4.69) is 12.2 Å². The monoisotopic (exact) mass is 425 g/mol. The van der Waals surface area contributed by atoms with Gasteiger partial charge in [0.15, 0.2) is 0 Å². The molecule has 166 valence electrons. The molecule has 31 heavy (non-hydrogen) atoms. The Balaban J connectivity index is 1.65. The van der Waals surface area contributed by atoms with Crippen LogP contribution in [-0.4, -0.2) is 53.4 Å². The number of urea groups is 1. The predicted octanol–water partition coefficient (Wildman–Crippen LogP) is 3.70. The van der Waals surface area contributed by atoms with Gasteiger partial charge in [-0.3, -0.25) is 14.5 Å². The van der Waals surface area contributed by atoms with Crippen molar-refractivity contribution in [3.05, 3.63) is 42.0 Å². The molecule has 3 rings (SSSR count). The van der Waals surface area contributed by atoms with E-state index in [1.807, 2.05) is 36.4 Å². The van der Waals surface area contributed by atoms with Gasteiger partial charge in [-0.15, -0.1) is 0 Å². The number of hydrogen-bond donors (Lipinski definition) is 1. The number of rotatable bonds is 9. The topological polar surface area (TPSA) is 79.0 Å². The molecule has 1 N–H and O–H groups in total. The number of imide groups is 1. The van der Waals surface area contributed by atoms with Gasteiger partial charge in [0.05, 0.1) is 6.61 Å². The summed E-state index contributed by atoms with van der Waals surface area (Å²) in [5, 5.41) is 4.82. The minimum absolute atomic E-state index is 0.0410. The van der Waals surface area contributed by atoms with Crippen LogP contribution in [0.4, 0.5) is 4.79 Å². The number of carbonyl (C=O) groups excluding carboxylic acids is 3. The molecule has 7 heteroatoms. The molecule has 1 aliphatic rings. The highest BCUT2D eigenvalue weighted by molar-refractivity contribution is 6.06. The fourth-order valence-corrected chi connectivity index (χ4v) is 3.75. The lowest BCUT2D eigenvalue weighted by molar-refractivity contribution is -0.132. The molecule has 0 radical (unpaired) electrons. The molecule has 2 aromatic carbocycles. The Kier molecular flexibility index (Phi) is 6.83. The Morgan fingerprint density at radius 2 is 1.90 bits per heavy atom. The summed E-state index contributed by atoms with van der Waals surface area (Å²) in [4.78, 5) is 39.9. The van der Waals surface area contributed by atoms with Gasteiger partial charge in [-0.25, -0.2) is 4.79 Å². The van der Waals surface area contributed by atoms with Crippen LogP contribution in [0.15, 0.2) is 36.4 Å². The molecule has 2 aromatic rings. The molecule has 1 aliphatic heterocycles. The third kappa shape index (κ3) is 4.98. The highest BCUT2D eigenvalue weighted by Crippen LogP contribution is 2.29. The Morgan fingerprint density at radius 1 is 1.16 bits per heavy atom. The zero-order valence-electron chi connectivity index (χ0n) is 18.7. The summed E-state index contributed by atoms with van der Waals surface area (Å²) in [6, 6.07) is 11.7. The van der Waals surface area contributed by atoms with Crippen LogP contribution in [0.5, 0.6) is 5.75 Å². The quantitative estimate of drug-likeness (QED) is 0.622. The number of nitrogens with one attached hydrogen (secondary N) is 1. The molecule has 7 nitrogen and oxygen atoms in total. The number of carbonyl (C=O) groups is 3. The molecule has 0 saturated carbocycles. The van der Waals surface area contributed by atoms with Gasteiger partial charge in [0.25, 0.3) is 5.91 Å². The fraction of sp³-hybridized carbons (Fsp3) is 0.458. The van der Waals surface area contributed by atoms with Crippen LogP contribution in [0.2, 0.25) is 0 Å². The first-order valence-corrected chi connectivity index (χ1v) is 10.8. The zero-order chi connectivity index (χ0) is 22.6. The first-order valence-electron chi connectivity index (χ1n) is 10.8. The second kappa shape index (κ2) is 9.37. The largest absolute Gasteiger partial charge is 0.493 e. The summed E-state index contributed by atoms with van der Waals surface area (Å²) in [5.41, 5.74) is 0.0967. The highest BCUT2D eigenvalue weighted by Gasteiger charge is 2.43. The standard InChI is InChI=1S/C24H31N3O4/c1-5-15-31-20-13-12-17-9-6-7-10-18(17)19(20)16-26(4)21(28)11-8-14-27-22(29)24(2,3)25-23(27)30/h6-7,9-10,12-13H,5,8,11,14-16H2,1-4H3,(H,25,30). The van der Waals surface area contributed by atoms with E-state index in [0.717, 1.165) is 28.5 Å². The third-order valence-electron chi connectivity index (χ3n) is 5.50. The van der Waals surface area contributed by atoms with E-state index in [-0.39, 0.29) is 24.8 Å². The van der Waals surface area contributed by atoms with Crippen molar-refractivity contribution in [1.29, 1.82) is 0 Å². The number of nitrogens with zero attached hydrogens (tertiary/aromatic N) is 2. The van der Waals surface area contributed by atoms with Crippen molar-refractivity contribution in [3.63, 3.8) is 0 Å². The van der Waals surface area contributed by atoms with Crippen LogP contribution in [0.3, 0.4) is 0 Å². The zero-order valence-corrected chi connectivity index (χ0v) is 18.7. The van der Waals surface area contributed by atoms with Crippen molar-refractivity contribution >= 4 is 28.6 Å². The second-order valence-electron chi connectivity index (χ2n) is 8.48. The number of hydrogen-bond acceptors (Lipinski definition) is 4. The van der Waals surface area contributed by atoms with E-state index in [1.54, 1.807) is 25.8 Å². The maximum Gasteiger partial charge on any atom is 0.325 e. The molecule has 1 saturated heterocycles. The van der Waals surface area contributed by atoms with Crippen LogP contribution in [0, 0.1) is 0 Å². The molecule has 0 spiro atoms. The molecular formula is C24H31N3O4. The smallest absolute Gasteiger partial charge is 0.325 e. The van der Waals surface area contributed by atoms with Gasteiger partial charge in [0, 0.05) is 32.1 Å². The van der Waals surface area contributed by atoms with E-state index in [9.17, 15) is 14.4 Å². The fourth-order valence-electron chi connectivity index (χ4n) is 3.75. The Hall–Kier alpha value is -3.09. The molecule has 0 aromatic heterocycles. The van der Waals surface area contributed by atoms with Crippen molar-refractivity contribution in [2.75, 3.05) is 20.2 Å². The first kappa shape index (κ1) is 22.6. The van der Waals surface area contributed by atoms with Gasteiger partial charge < -0.3 is 15.0 Å². The van der Waals surface area contributed by atoms with Crippen LogP contribution in [0.25, 0.3) is 10.8 Å². The Labute approximate surface area is 183 Å². The first-order chi connectivity index (χ1) is 14.7. The lowest BCUT2D eigenvalue weighted by Gasteiger charge is -2.21. The van der Waals surface area contributed by atoms with E-state index in [0.29, 0.717) is 19.6 Å². The molecule has 0 bridgehead atoms. The van der Waals surface area contributed by atoms with Gasteiger partial charge in [-0.1, -0.05) is 37.3 Å². The van der Waals surface area contributed by atoms with Crippen LogP contribution < -0.4 is 10.1 Å². The van der Waals surface area contributed by atoms with E-state index >= 15 is 0 Å². The van der Waals surface area contributed by atoms with E-state index in [4.69, 9.17) is 4.74 Å². The van der Waals surface area contributed by atoms with Crippen molar-refractivity contribution < 1.29 is 19.1 Å². The maximum absolute atomic E-state index is 12.8. The van der Waals surface area contributed by atoms with Gasteiger partial charge in [0.2, 0.25) is 5.91 Å². The summed E-state index contributed by atoms with van der Waals surface area (Å²) in [6.45, 7) is 6.68. The van der Waals surface area contributed by atoms with Crippen molar-refractivity contribution in [2.45, 2.75) is 52.1 Å². The number of amides is 4. The van der Waals surface area contributed by atoms with Crippen LogP contribution in [-0.2, 0) is 16.1 Å². The maximum atomic E-state index is 12.8. The minimum atomic E-state index is -0.888. The van der Waals surface area contributed by atoms with Crippen molar-refractivity contribution in [3.8, 4) is 5.75 Å². The van der Waals surface area contributed by atoms with Crippen molar-refractivity contribution in [2.24, 2.45) is 0 Å². The second-order valence-corrected chi connectivity index (χ2v) is 8.48. The van der Waals surface area contributed by atoms with Crippen molar-refractivity contribution in [1.82, 2.24) is 15.1 Å². The van der Waals surface area contributed by atoms with Gasteiger partial charge >= 0.3 is 6.03 Å². The van der Waals surface area contributed by atoms with Gasteiger partial charge in [-0.05, 0) is 43.5 Å². The average molecular weight is 426 g/mol. The summed E-state index contributed by atoms with van der Waals surface area (Å²) in [7, 11) is 1.77. The molecule has 0 aliphatic carbocycles. The normalized spacial score (nSPS) is 15.3. The lowest BCUT2D eigenvalue weighted by Crippen LogP contribution is -2.40. The molecule has 1 heterocycles. The summed E-state index contributed by atoms with van der Waals surface area (Å²) in [6.07, 6.45) is 1.58. The van der Waals surface area contributed by atoms with Crippen LogP contribution in [0.1, 0.15) is 45.6 Å². The minimum Gasteiger partial charge on any atom is -0.493 e. The predicted molar refractivity (Wildman–Crippen MR) is 120 cm³/mol. The molecule has 4 amide bonds. The summed E-state index contributed by atoms with van der Waals surface area (Å²) in [5.74, 6) is 0.495. The molecule has 0 unspecified atom stereocenters. The number of benzene rings is 2. The third-order valence-corrected chi connectivity index (χ3v) is 5.50. The Morgan fingerprint density at radius 3 is 2.58 bits per heavy atom. The lowest BCUT2D eigenvalue weighted by atomic mass is 10.0. The summed E-state index contributed by atoms with van der Waals surface area (Å²) >= 11 is 0. The van der Waals surface area contributed by atoms with E-state index in [1.165, 1.54) is 4.90 Å². The van der Waals surface area contributed by atoms with Gasteiger partial charge in [0.1, 0.15) is 11.3 Å². The Bertz CT molecular complexity index is 986. The molecule has 0 atom stereocenters. The SMILES string of the molecule is CCCOc1ccc2ccccc2c1CN(C)C(=O)CCCN1C(=O)NC(C)(C)C1=O. The highest BCUT2D eigenvalue weighted by atomic mass is 16.5. The number of ether oxygens (including phenoxy) is 1. The van der Waals surface area contributed by atoms with Gasteiger partial charge in [-0.2, -0.15) is 0 Å².